The zero-order valence-electron chi connectivity index (χ0n) is 24.1. The largest absolute Gasteiger partial charge is 0.396 e. The van der Waals surface area contributed by atoms with Crippen LogP contribution in [0.4, 0.5) is 0 Å². The first-order valence-corrected chi connectivity index (χ1v) is 16.3. The number of hydrogen-bond acceptors (Lipinski definition) is 7. The number of allylic oxidation sites excluding steroid dienone is 1. The number of fused-ring (bicyclic) bond motifs is 8. The van der Waals surface area contributed by atoms with Crippen molar-refractivity contribution in [3.8, 4) is 0 Å². The number of ether oxygens (including phenoxy) is 1. The molecule has 0 radical (unpaired) electrons. The number of nitrogens with zero attached hydrogens (tertiary/aromatic N) is 2. The van der Waals surface area contributed by atoms with Gasteiger partial charge in [-0.05, 0) is 76.7 Å². The lowest BCUT2D eigenvalue weighted by Crippen LogP contribution is -2.47. The van der Waals surface area contributed by atoms with Gasteiger partial charge < -0.3 is 14.7 Å². The maximum Gasteiger partial charge on any atom is 0.188 e. The molecule has 8 unspecified atom stereocenters. The summed E-state index contributed by atoms with van der Waals surface area (Å²) in [6, 6.07) is 1.20. The molecule has 7 nitrogen and oxygen atoms in total. The molecule has 0 aromatic heterocycles. The van der Waals surface area contributed by atoms with Crippen LogP contribution in [0.2, 0.25) is 0 Å². The SMILES string of the molecule is CC1(C)C2=C3C=C4C5=[N+](CCC4OC3CCN2C2CCC(CCO)CC21)C1CCC(SOOO)CC1C5(C)C. The van der Waals surface area contributed by atoms with Crippen molar-refractivity contribution in [2.24, 2.45) is 28.6 Å². The van der Waals surface area contributed by atoms with Crippen molar-refractivity contribution in [1.82, 2.24) is 4.90 Å². The van der Waals surface area contributed by atoms with E-state index in [1.165, 1.54) is 48.2 Å². The van der Waals surface area contributed by atoms with Gasteiger partial charge in [-0.2, -0.15) is 0 Å². The molecule has 3 fully saturated rings. The normalized spacial score (nSPS) is 41.8. The molecule has 2 saturated carbocycles. The monoisotopic (exact) mass is 559 g/mol. The minimum Gasteiger partial charge on any atom is -0.396 e. The highest BCUT2D eigenvalue weighted by atomic mass is 32.2. The molecule has 0 amide bonds. The molecule has 2 N–H and O–H groups in total. The Kier molecular flexibility index (Phi) is 6.80. The number of hydrogen-bond donors (Lipinski definition) is 2. The topological polar surface area (TPSA) is 74.4 Å². The van der Waals surface area contributed by atoms with Crippen molar-refractivity contribution in [2.45, 2.75) is 115 Å². The van der Waals surface area contributed by atoms with Crippen LogP contribution in [0.5, 0.6) is 0 Å². The van der Waals surface area contributed by atoms with Crippen LogP contribution in [0.15, 0.2) is 22.9 Å². The molecule has 2 aliphatic carbocycles. The fraction of sp³-hybridized carbons (Fsp3) is 0.839. The first-order valence-electron chi connectivity index (χ1n) is 15.5. The Hall–Kier alpha value is -0.900. The second kappa shape index (κ2) is 9.84. The van der Waals surface area contributed by atoms with Gasteiger partial charge in [-0.15, -0.1) is 4.33 Å². The zero-order valence-corrected chi connectivity index (χ0v) is 24.9. The molecule has 1 saturated heterocycles. The maximum atomic E-state index is 9.63. The Morgan fingerprint density at radius 2 is 1.87 bits per heavy atom. The molecule has 0 aromatic carbocycles. The molecule has 5 aliphatic heterocycles. The molecule has 7 rings (SSSR count). The van der Waals surface area contributed by atoms with E-state index in [2.05, 4.69) is 48.3 Å². The van der Waals surface area contributed by atoms with E-state index in [9.17, 15) is 5.11 Å². The van der Waals surface area contributed by atoms with Crippen LogP contribution < -0.4 is 0 Å². The van der Waals surface area contributed by atoms with Crippen LogP contribution in [0.25, 0.3) is 0 Å². The molecule has 8 atom stereocenters. The minimum atomic E-state index is 0.0565. The van der Waals surface area contributed by atoms with E-state index in [1.807, 2.05) is 0 Å². The van der Waals surface area contributed by atoms with Crippen molar-refractivity contribution in [3.05, 3.63) is 22.9 Å². The van der Waals surface area contributed by atoms with Crippen LogP contribution in [0.1, 0.15) is 85.5 Å². The fourth-order valence-electron chi connectivity index (χ4n) is 10.4. The van der Waals surface area contributed by atoms with Gasteiger partial charge in [-0.25, -0.2) is 9.83 Å². The molecule has 0 aromatic rings. The van der Waals surface area contributed by atoms with E-state index in [0.29, 0.717) is 41.7 Å². The molecule has 5 heterocycles. The van der Waals surface area contributed by atoms with Gasteiger partial charge in [0.15, 0.2) is 11.8 Å². The highest BCUT2D eigenvalue weighted by Crippen LogP contribution is 2.59. The van der Waals surface area contributed by atoms with Crippen molar-refractivity contribution in [1.29, 1.82) is 0 Å². The minimum absolute atomic E-state index is 0.0565. The molecular formula is C31H47N2O5S+. The second-order valence-corrected chi connectivity index (χ2v) is 15.5. The Morgan fingerprint density at radius 1 is 1.03 bits per heavy atom. The predicted octanol–water partition coefficient (Wildman–Crippen LogP) is 5.35. The predicted molar refractivity (Wildman–Crippen MR) is 151 cm³/mol. The van der Waals surface area contributed by atoms with Crippen LogP contribution in [-0.4, -0.2) is 74.8 Å². The summed E-state index contributed by atoms with van der Waals surface area (Å²) in [7, 11) is 0. The summed E-state index contributed by atoms with van der Waals surface area (Å²) >= 11 is 1.27. The van der Waals surface area contributed by atoms with Gasteiger partial charge in [-0.1, -0.05) is 18.9 Å². The first-order chi connectivity index (χ1) is 18.8. The van der Waals surface area contributed by atoms with Gasteiger partial charge >= 0.3 is 0 Å². The summed E-state index contributed by atoms with van der Waals surface area (Å²) in [6.45, 7) is 12.4. The molecule has 0 bridgehead atoms. The van der Waals surface area contributed by atoms with Gasteiger partial charge in [-0.3, -0.25) is 0 Å². The van der Waals surface area contributed by atoms with Crippen molar-refractivity contribution in [2.75, 3.05) is 19.7 Å². The van der Waals surface area contributed by atoms with Gasteiger partial charge in [0.25, 0.3) is 0 Å². The molecule has 0 spiro atoms. The molecule has 7 aliphatic rings. The van der Waals surface area contributed by atoms with Crippen LogP contribution in [0.3, 0.4) is 0 Å². The summed E-state index contributed by atoms with van der Waals surface area (Å²) in [5, 5.41) is 22.6. The quantitative estimate of drug-likeness (QED) is 0.204. The molecule has 8 heteroatoms. The average Bonchev–Trinajstić information content (AvgIpc) is 3.30. The van der Waals surface area contributed by atoms with E-state index in [-0.39, 0.29) is 23.0 Å². The van der Waals surface area contributed by atoms with Crippen molar-refractivity contribution in [3.63, 3.8) is 0 Å². The van der Waals surface area contributed by atoms with Crippen molar-refractivity contribution >= 4 is 17.8 Å². The lowest BCUT2D eigenvalue weighted by Gasteiger charge is -2.43. The van der Waals surface area contributed by atoms with Gasteiger partial charge in [0.2, 0.25) is 0 Å². The summed E-state index contributed by atoms with van der Waals surface area (Å²) in [5.41, 5.74) is 6.18. The molecular weight excluding hydrogens is 512 g/mol. The molecule has 216 valence electrons. The zero-order chi connectivity index (χ0) is 27.1. The van der Waals surface area contributed by atoms with Crippen molar-refractivity contribution < 1.29 is 29.0 Å². The van der Waals surface area contributed by atoms with Gasteiger partial charge in [0.1, 0.15) is 6.54 Å². The Balaban J connectivity index is 1.26. The van der Waals surface area contributed by atoms with Crippen LogP contribution in [0, 0.1) is 28.6 Å². The first kappa shape index (κ1) is 27.0. The number of rotatable bonds is 5. The summed E-state index contributed by atoms with van der Waals surface area (Å²) in [5.74, 6) is 1.86. The van der Waals surface area contributed by atoms with E-state index in [1.54, 1.807) is 5.70 Å². The summed E-state index contributed by atoms with van der Waals surface area (Å²) in [6.07, 6.45) is 13.2. The van der Waals surface area contributed by atoms with Gasteiger partial charge in [0.05, 0.1) is 17.6 Å². The number of aliphatic hydroxyl groups excluding tert-OH is 1. The third-order valence-electron chi connectivity index (χ3n) is 12.0. The molecule has 39 heavy (non-hydrogen) atoms. The smallest absolute Gasteiger partial charge is 0.188 e. The highest BCUT2D eigenvalue weighted by molar-refractivity contribution is 7.95. The third kappa shape index (κ3) is 4.06. The van der Waals surface area contributed by atoms with E-state index < -0.39 is 0 Å². The van der Waals surface area contributed by atoms with Crippen LogP contribution >= 0.6 is 12.0 Å². The summed E-state index contributed by atoms with van der Waals surface area (Å²) in [4.78, 5) is 2.79. The Labute approximate surface area is 237 Å². The van der Waals surface area contributed by atoms with Crippen LogP contribution in [-0.2, 0) is 14.1 Å². The second-order valence-electron chi connectivity index (χ2n) is 14.5. The van der Waals surface area contributed by atoms with E-state index in [0.717, 1.165) is 51.6 Å². The third-order valence-corrected chi connectivity index (χ3v) is 12.9. The standard InChI is InChI=1S/C31H46N2O5S/c1-30(2)22-15-18(11-14-34)5-7-24(22)32-12-9-26-20(28(30)32)17-21-27(36-26)10-13-33-25-8-6-19(39-38-37-35)16-23(25)31(3,4)29(21)33/h17-19,22-27,34H,5-16H2,1-4H3/p+1. The lowest BCUT2D eigenvalue weighted by molar-refractivity contribution is -0.571. The Bertz CT molecular complexity index is 1100. The van der Waals surface area contributed by atoms with Gasteiger partial charge in [0, 0.05) is 77.5 Å². The highest BCUT2D eigenvalue weighted by Gasteiger charge is 2.61. The Morgan fingerprint density at radius 3 is 2.67 bits per heavy atom. The lowest BCUT2D eigenvalue weighted by atomic mass is 9.66. The summed E-state index contributed by atoms with van der Waals surface area (Å²) < 4.78 is 14.7. The van der Waals surface area contributed by atoms with E-state index in [4.69, 9.17) is 14.3 Å². The van der Waals surface area contributed by atoms with E-state index >= 15 is 0 Å². The average molecular weight is 560 g/mol. The number of aliphatic hydroxyl groups is 1. The maximum absolute atomic E-state index is 9.63. The fourth-order valence-corrected chi connectivity index (χ4v) is 11.1.